The number of rotatable bonds is 10. The number of carbonyl (C=O) groups excluding carboxylic acids is 2. The molecule has 0 aromatic heterocycles. The molecule has 0 amide bonds. The fraction of sp³-hybridized carbons (Fsp3) is 0.478. The maximum atomic E-state index is 12.8. The highest BCUT2D eigenvalue weighted by Crippen LogP contribution is 2.42. The van der Waals surface area contributed by atoms with Crippen LogP contribution in [0.5, 0.6) is 11.5 Å². The van der Waals surface area contributed by atoms with E-state index in [1.54, 1.807) is 13.0 Å². The highest BCUT2D eigenvalue weighted by molar-refractivity contribution is 14.1. The molecule has 2 N–H and O–H groups in total. The van der Waals surface area contributed by atoms with Gasteiger partial charge in [0.25, 0.3) is 0 Å². The molecule has 1 aliphatic heterocycles. The van der Waals surface area contributed by atoms with Crippen LogP contribution in [0.1, 0.15) is 73.0 Å². The summed E-state index contributed by atoms with van der Waals surface area (Å²) in [5.41, 5.74) is 1.24. The van der Waals surface area contributed by atoms with E-state index in [9.17, 15) is 19.8 Å². The van der Waals surface area contributed by atoms with Gasteiger partial charge in [-0.05, 0) is 50.7 Å². The van der Waals surface area contributed by atoms with Gasteiger partial charge >= 0.3 is 5.97 Å². The van der Waals surface area contributed by atoms with Crippen LogP contribution in [-0.2, 0) is 18.7 Å². The Morgan fingerprint density at radius 3 is 2.70 bits per heavy atom. The number of unbranched alkanes of at least 4 members (excludes halogenated alkanes) is 1. The molecule has 0 aliphatic carbocycles. The fourth-order valence-electron chi connectivity index (χ4n) is 3.46. The van der Waals surface area contributed by atoms with Crippen LogP contribution in [0.2, 0.25) is 0 Å². The summed E-state index contributed by atoms with van der Waals surface area (Å²) in [4.78, 5) is 23.0. The number of hydrogen-bond donors (Lipinski definition) is 2. The number of phenols is 2. The Bertz CT molecular complexity index is 780. The average molecular weight is 528 g/mol. The fourth-order valence-corrected chi connectivity index (χ4v) is 4.25. The van der Waals surface area contributed by atoms with E-state index < -0.39 is 5.97 Å². The average Bonchev–Trinajstić information content (AvgIpc) is 2.72. The van der Waals surface area contributed by atoms with Gasteiger partial charge in [-0.15, -0.1) is 0 Å². The molecule has 6 nitrogen and oxygen atoms in total. The maximum absolute atomic E-state index is 12.8. The van der Waals surface area contributed by atoms with Crippen molar-refractivity contribution in [3.05, 3.63) is 47.1 Å². The standard InChI is InChI=1S/C23H29IO6/c1-16(10-6-4-2-3-5-8-12-25)30-23(28)22-17(15-24)21(18(26)14-19(22)27)20-11-7-9-13-29-20/h4-6,8,12,14,16,20,26-27H,2-3,7,9-11,13,15H2,1H3/b6-4+,8-5+/t16-,20?/m1/s1. The van der Waals surface area contributed by atoms with Gasteiger partial charge in [-0.25, -0.2) is 4.79 Å². The Morgan fingerprint density at radius 2 is 2.03 bits per heavy atom. The second kappa shape index (κ2) is 12.7. The zero-order chi connectivity index (χ0) is 21.9. The van der Waals surface area contributed by atoms with Crippen LogP contribution in [0.15, 0.2) is 30.4 Å². The van der Waals surface area contributed by atoms with E-state index in [0.29, 0.717) is 28.6 Å². The normalized spacial score (nSPS) is 18.0. The Morgan fingerprint density at radius 1 is 1.27 bits per heavy atom. The third kappa shape index (κ3) is 6.84. The number of aromatic hydroxyl groups is 2. The van der Waals surface area contributed by atoms with Crippen LogP contribution in [-0.4, -0.2) is 35.2 Å². The lowest BCUT2D eigenvalue weighted by molar-refractivity contribution is -0.104. The first-order chi connectivity index (χ1) is 14.5. The monoisotopic (exact) mass is 528 g/mol. The van der Waals surface area contributed by atoms with Crippen LogP contribution < -0.4 is 0 Å². The van der Waals surface area contributed by atoms with Crippen molar-refractivity contribution in [3.63, 3.8) is 0 Å². The van der Waals surface area contributed by atoms with Gasteiger partial charge in [0, 0.05) is 29.1 Å². The first-order valence-corrected chi connectivity index (χ1v) is 11.7. The van der Waals surface area contributed by atoms with Gasteiger partial charge < -0.3 is 19.7 Å². The van der Waals surface area contributed by atoms with Gasteiger partial charge in [-0.3, -0.25) is 4.79 Å². The smallest absolute Gasteiger partial charge is 0.342 e. The summed E-state index contributed by atoms with van der Waals surface area (Å²) in [5.74, 6) is -0.943. The lowest BCUT2D eigenvalue weighted by Gasteiger charge is -2.27. The molecular weight excluding hydrogens is 499 g/mol. The van der Waals surface area contributed by atoms with Crippen LogP contribution in [0.4, 0.5) is 0 Å². The quantitative estimate of drug-likeness (QED) is 0.0815. The van der Waals surface area contributed by atoms with Crippen molar-refractivity contribution in [2.45, 2.75) is 62.1 Å². The number of ether oxygens (including phenoxy) is 2. The van der Waals surface area contributed by atoms with Crippen LogP contribution in [0.25, 0.3) is 0 Å². The van der Waals surface area contributed by atoms with Crippen molar-refractivity contribution >= 4 is 34.8 Å². The summed E-state index contributed by atoms with van der Waals surface area (Å²) in [6, 6.07) is 1.21. The minimum atomic E-state index is -0.606. The molecule has 2 rings (SSSR count). The minimum absolute atomic E-state index is 0.0535. The number of benzene rings is 1. The summed E-state index contributed by atoms with van der Waals surface area (Å²) in [6.45, 7) is 2.40. The number of halogens is 1. The summed E-state index contributed by atoms with van der Waals surface area (Å²) in [6.07, 6.45) is 12.1. The first-order valence-electron chi connectivity index (χ1n) is 10.2. The molecule has 164 valence electrons. The van der Waals surface area contributed by atoms with Gasteiger partial charge in [0.15, 0.2) is 0 Å². The number of alkyl halides is 1. The molecular formula is C23H29IO6. The van der Waals surface area contributed by atoms with E-state index in [-0.39, 0.29) is 29.3 Å². The van der Waals surface area contributed by atoms with E-state index in [1.807, 2.05) is 12.2 Å². The molecule has 1 unspecified atom stereocenters. The molecule has 1 aromatic rings. The van der Waals surface area contributed by atoms with Crippen LogP contribution in [0.3, 0.4) is 0 Å². The molecule has 1 heterocycles. The summed E-state index contributed by atoms with van der Waals surface area (Å²) >= 11 is 2.12. The Kier molecular flexibility index (Phi) is 10.4. The summed E-state index contributed by atoms with van der Waals surface area (Å²) in [5, 5.41) is 20.8. The largest absolute Gasteiger partial charge is 0.507 e. The summed E-state index contributed by atoms with van der Waals surface area (Å²) < 4.78 is 11.8. The third-order valence-corrected chi connectivity index (χ3v) is 5.69. The van der Waals surface area contributed by atoms with Gasteiger partial charge in [0.2, 0.25) is 0 Å². The Hall–Kier alpha value is -1.87. The maximum Gasteiger partial charge on any atom is 0.342 e. The Labute approximate surface area is 191 Å². The molecule has 1 aliphatic rings. The molecule has 30 heavy (non-hydrogen) atoms. The van der Waals surface area contributed by atoms with Crippen molar-refractivity contribution < 1.29 is 29.3 Å². The van der Waals surface area contributed by atoms with Crippen LogP contribution >= 0.6 is 22.6 Å². The second-order valence-electron chi connectivity index (χ2n) is 7.24. The highest BCUT2D eigenvalue weighted by atomic mass is 127. The van der Waals surface area contributed by atoms with Gasteiger partial charge in [0.05, 0.1) is 6.10 Å². The van der Waals surface area contributed by atoms with Crippen molar-refractivity contribution in [2.75, 3.05) is 6.61 Å². The number of carbonyl (C=O) groups is 2. The minimum Gasteiger partial charge on any atom is -0.507 e. The number of esters is 1. The number of allylic oxidation sites excluding steroid dienone is 3. The SMILES string of the molecule is C[C@H](C/C=C/CC/C=C/C=O)OC(=O)c1c(O)cc(O)c(C2CCCCO2)c1CI. The van der Waals surface area contributed by atoms with E-state index >= 15 is 0 Å². The molecule has 0 spiro atoms. The first kappa shape index (κ1) is 24.4. The number of hydrogen-bond acceptors (Lipinski definition) is 6. The third-order valence-electron chi connectivity index (χ3n) is 4.93. The van der Waals surface area contributed by atoms with Crippen LogP contribution in [0, 0.1) is 0 Å². The van der Waals surface area contributed by atoms with E-state index in [1.165, 1.54) is 12.1 Å². The molecule has 1 saturated heterocycles. The predicted octanol–water partition coefficient (Wildman–Crippen LogP) is 5.30. The lowest BCUT2D eigenvalue weighted by Crippen LogP contribution is -2.19. The number of phenolic OH excluding ortho intramolecular Hbond substituents is 2. The Balaban J connectivity index is 2.09. The molecule has 2 atom stereocenters. The van der Waals surface area contributed by atoms with E-state index in [2.05, 4.69) is 22.6 Å². The molecule has 0 bridgehead atoms. The topological polar surface area (TPSA) is 93.1 Å². The second-order valence-corrected chi connectivity index (χ2v) is 8.00. The van der Waals surface area contributed by atoms with Gasteiger partial charge in [-0.1, -0.05) is 40.8 Å². The zero-order valence-electron chi connectivity index (χ0n) is 17.2. The van der Waals surface area contributed by atoms with Crippen molar-refractivity contribution in [3.8, 4) is 11.5 Å². The number of aldehydes is 1. The summed E-state index contributed by atoms with van der Waals surface area (Å²) in [7, 11) is 0. The predicted molar refractivity (Wildman–Crippen MR) is 123 cm³/mol. The van der Waals surface area contributed by atoms with Crippen molar-refractivity contribution in [1.29, 1.82) is 0 Å². The van der Waals surface area contributed by atoms with Crippen molar-refractivity contribution in [1.82, 2.24) is 0 Å². The molecule has 1 fully saturated rings. The molecule has 0 saturated carbocycles. The van der Waals surface area contributed by atoms with Gasteiger partial charge in [-0.2, -0.15) is 0 Å². The van der Waals surface area contributed by atoms with Gasteiger partial charge in [0.1, 0.15) is 29.5 Å². The lowest BCUT2D eigenvalue weighted by atomic mass is 9.92. The zero-order valence-corrected chi connectivity index (χ0v) is 19.3. The van der Waals surface area contributed by atoms with E-state index in [4.69, 9.17) is 9.47 Å². The molecule has 7 heteroatoms. The van der Waals surface area contributed by atoms with Crippen molar-refractivity contribution in [2.24, 2.45) is 0 Å². The van der Waals surface area contributed by atoms with E-state index in [0.717, 1.165) is 38.4 Å². The molecule has 1 aromatic carbocycles. The molecule has 0 radical (unpaired) electrons. The highest BCUT2D eigenvalue weighted by Gasteiger charge is 2.29.